The number of benzene rings is 2. The van der Waals surface area contributed by atoms with Crippen LogP contribution in [0.4, 0.5) is 11.4 Å². The van der Waals surface area contributed by atoms with Crippen LogP contribution < -0.4 is 19.7 Å². The molecule has 0 fully saturated rings. The third-order valence-electron chi connectivity index (χ3n) is 4.54. The predicted molar refractivity (Wildman–Crippen MR) is 109 cm³/mol. The van der Waals surface area contributed by atoms with Crippen LogP contribution in [0.2, 0.25) is 0 Å². The first-order chi connectivity index (χ1) is 13.5. The number of hydrogen-bond donors (Lipinski definition) is 1. The van der Waals surface area contributed by atoms with Gasteiger partial charge in [0.05, 0.1) is 7.11 Å². The predicted octanol–water partition coefficient (Wildman–Crippen LogP) is 3.65. The summed E-state index contributed by atoms with van der Waals surface area (Å²) in [5, 5.41) is 2.86. The van der Waals surface area contributed by atoms with Crippen molar-refractivity contribution in [3.05, 3.63) is 48.0 Å². The standard InChI is InChI=1S/C22H26N2O4/c1-15(2)13-24-18-10-9-17(12-16(18)8-11-22(24)26)23-21(25)14-28-20-7-5-4-6-19(20)27-3/h4-7,9-10,12,15H,8,11,13-14H2,1-3H3,(H,23,25). The Morgan fingerprint density at radius 3 is 2.61 bits per heavy atom. The van der Waals surface area contributed by atoms with Crippen LogP contribution in [0.1, 0.15) is 25.8 Å². The summed E-state index contributed by atoms with van der Waals surface area (Å²) in [6.45, 7) is 4.77. The molecule has 0 saturated carbocycles. The highest BCUT2D eigenvalue weighted by atomic mass is 16.5. The number of aryl methyl sites for hydroxylation is 1. The maximum absolute atomic E-state index is 12.3. The van der Waals surface area contributed by atoms with E-state index in [1.54, 1.807) is 19.2 Å². The molecule has 1 heterocycles. The monoisotopic (exact) mass is 382 g/mol. The van der Waals surface area contributed by atoms with Gasteiger partial charge in [-0.1, -0.05) is 26.0 Å². The molecule has 148 valence electrons. The fourth-order valence-electron chi connectivity index (χ4n) is 3.28. The number of rotatable bonds is 7. The fourth-order valence-corrected chi connectivity index (χ4v) is 3.28. The molecule has 3 rings (SSSR count). The number of hydrogen-bond acceptors (Lipinski definition) is 4. The third-order valence-corrected chi connectivity index (χ3v) is 4.54. The van der Waals surface area contributed by atoms with Gasteiger partial charge in [0.15, 0.2) is 18.1 Å². The van der Waals surface area contributed by atoms with E-state index in [2.05, 4.69) is 19.2 Å². The van der Waals surface area contributed by atoms with E-state index < -0.39 is 0 Å². The van der Waals surface area contributed by atoms with Gasteiger partial charge in [0.1, 0.15) is 0 Å². The number of carbonyl (C=O) groups excluding carboxylic acids is 2. The summed E-state index contributed by atoms with van der Waals surface area (Å²) in [6, 6.07) is 12.9. The lowest BCUT2D eigenvalue weighted by Gasteiger charge is -2.31. The van der Waals surface area contributed by atoms with Gasteiger partial charge in [-0.15, -0.1) is 0 Å². The van der Waals surface area contributed by atoms with Crippen LogP contribution in [-0.2, 0) is 16.0 Å². The molecule has 28 heavy (non-hydrogen) atoms. The SMILES string of the molecule is COc1ccccc1OCC(=O)Nc1ccc2c(c1)CCC(=O)N2CC(C)C. The van der Waals surface area contributed by atoms with Crippen LogP contribution in [0.25, 0.3) is 0 Å². The number of amides is 2. The molecular formula is C22H26N2O4. The molecule has 0 bridgehead atoms. The molecule has 0 unspecified atom stereocenters. The molecule has 6 heteroatoms. The van der Waals surface area contributed by atoms with E-state index in [4.69, 9.17) is 9.47 Å². The lowest BCUT2D eigenvalue weighted by Crippen LogP contribution is -2.37. The average molecular weight is 382 g/mol. The molecule has 0 atom stereocenters. The highest BCUT2D eigenvalue weighted by molar-refractivity contribution is 5.97. The van der Waals surface area contributed by atoms with Crippen LogP contribution in [-0.4, -0.2) is 32.1 Å². The van der Waals surface area contributed by atoms with Crippen molar-refractivity contribution in [3.63, 3.8) is 0 Å². The van der Waals surface area contributed by atoms with E-state index in [1.807, 2.05) is 35.2 Å². The van der Waals surface area contributed by atoms with Crippen molar-refractivity contribution >= 4 is 23.2 Å². The summed E-state index contributed by atoms with van der Waals surface area (Å²) in [7, 11) is 1.56. The molecule has 1 aliphatic heterocycles. The van der Waals surface area contributed by atoms with Crippen LogP contribution in [0.5, 0.6) is 11.5 Å². The van der Waals surface area contributed by atoms with Crippen LogP contribution in [0.15, 0.2) is 42.5 Å². The minimum absolute atomic E-state index is 0.116. The molecule has 0 aromatic heterocycles. The van der Waals surface area contributed by atoms with Crippen molar-refractivity contribution in [3.8, 4) is 11.5 Å². The zero-order valence-corrected chi connectivity index (χ0v) is 16.5. The topological polar surface area (TPSA) is 67.9 Å². The molecule has 0 aliphatic carbocycles. The summed E-state index contributed by atoms with van der Waals surface area (Å²) in [4.78, 5) is 26.4. The number of carbonyl (C=O) groups is 2. The van der Waals surface area contributed by atoms with Crippen LogP contribution in [0, 0.1) is 5.92 Å². The zero-order valence-electron chi connectivity index (χ0n) is 16.5. The van der Waals surface area contributed by atoms with Gasteiger partial charge in [-0.2, -0.15) is 0 Å². The molecule has 0 saturated heterocycles. The van der Waals surface area contributed by atoms with E-state index in [1.165, 1.54) is 0 Å². The molecule has 0 radical (unpaired) electrons. The minimum Gasteiger partial charge on any atom is -0.493 e. The summed E-state index contributed by atoms with van der Waals surface area (Å²) in [6.07, 6.45) is 1.18. The van der Waals surface area contributed by atoms with E-state index in [0.717, 1.165) is 11.3 Å². The van der Waals surface area contributed by atoms with Gasteiger partial charge >= 0.3 is 0 Å². The van der Waals surface area contributed by atoms with Crippen LogP contribution in [0.3, 0.4) is 0 Å². The Kier molecular flexibility index (Phi) is 6.19. The number of ether oxygens (including phenoxy) is 2. The first-order valence-corrected chi connectivity index (χ1v) is 9.47. The Hall–Kier alpha value is -3.02. The summed E-state index contributed by atoms with van der Waals surface area (Å²) >= 11 is 0. The molecule has 1 aliphatic rings. The van der Waals surface area contributed by atoms with Crippen LogP contribution >= 0.6 is 0 Å². The van der Waals surface area contributed by atoms with E-state index >= 15 is 0 Å². The molecule has 1 N–H and O–H groups in total. The van der Waals surface area contributed by atoms with Gasteiger partial charge in [0, 0.05) is 24.3 Å². The summed E-state index contributed by atoms with van der Waals surface area (Å²) in [5.74, 6) is 1.40. The minimum atomic E-state index is -0.253. The quantitative estimate of drug-likeness (QED) is 0.794. The molecule has 2 aromatic rings. The van der Waals surface area contributed by atoms with E-state index in [0.29, 0.717) is 42.5 Å². The molecule has 2 aromatic carbocycles. The lowest BCUT2D eigenvalue weighted by atomic mass is 9.99. The Bertz CT molecular complexity index is 863. The van der Waals surface area contributed by atoms with Crippen molar-refractivity contribution in [2.24, 2.45) is 5.92 Å². The van der Waals surface area contributed by atoms with Gasteiger partial charge < -0.3 is 19.7 Å². The number of fused-ring (bicyclic) bond motifs is 1. The second-order valence-corrected chi connectivity index (χ2v) is 7.23. The van der Waals surface area contributed by atoms with Crippen molar-refractivity contribution in [1.29, 1.82) is 0 Å². The lowest BCUT2D eigenvalue weighted by molar-refractivity contribution is -0.119. The maximum atomic E-state index is 12.3. The smallest absolute Gasteiger partial charge is 0.262 e. The molecular weight excluding hydrogens is 356 g/mol. The molecule has 2 amide bonds. The molecule has 0 spiro atoms. The summed E-state index contributed by atoms with van der Waals surface area (Å²) in [5.41, 5.74) is 2.71. The van der Waals surface area contributed by atoms with Gasteiger partial charge in [0.2, 0.25) is 5.91 Å². The van der Waals surface area contributed by atoms with E-state index in [-0.39, 0.29) is 18.4 Å². The van der Waals surface area contributed by atoms with Crippen molar-refractivity contribution in [1.82, 2.24) is 0 Å². The zero-order chi connectivity index (χ0) is 20.1. The second kappa shape index (κ2) is 8.78. The van der Waals surface area contributed by atoms with E-state index in [9.17, 15) is 9.59 Å². The number of nitrogens with one attached hydrogen (secondary N) is 1. The summed E-state index contributed by atoms with van der Waals surface area (Å²) < 4.78 is 10.8. The fraction of sp³-hybridized carbons (Fsp3) is 0.364. The third kappa shape index (κ3) is 4.63. The normalized spacial score (nSPS) is 13.3. The van der Waals surface area contributed by atoms with Crippen molar-refractivity contribution in [2.45, 2.75) is 26.7 Å². The number of nitrogens with zero attached hydrogens (tertiary/aromatic N) is 1. The Labute approximate surface area is 165 Å². The highest BCUT2D eigenvalue weighted by Gasteiger charge is 2.25. The Morgan fingerprint density at radius 1 is 1.14 bits per heavy atom. The average Bonchev–Trinajstić information content (AvgIpc) is 2.68. The Morgan fingerprint density at radius 2 is 1.89 bits per heavy atom. The van der Waals surface area contributed by atoms with Gasteiger partial charge in [-0.05, 0) is 48.2 Å². The van der Waals surface area contributed by atoms with Gasteiger partial charge in [0.25, 0.3) is 5.91 Å². The first kappa shape index (κ1) is 19.7. The highest BCUT2D eigenvalue weighted by Crippen LogP contribution is 2.31. The largest absolute Gasteiger partial charge is 0.493 e. The van der Waals surface area contributed by atoms with Gasteiger partial charge in [-0.25, -0.2) is 0 Å². The Balaban J connectivity index is 1.65. The number of methoxy groups -OCH3 is 1. The number of anilines is 2. The molecule has 6 nitrogen and oxygen atoms in total. The number of para-hydroxylation sites is 2. The van der Waals surface area contributed by atoms with Crippen molar-refractivity contribution < 1.29 is 19.1 Å². The van der Waals surface area contributed by atoms with Gasteiger partial charge in [-0.3, -0.25) is 9.59 Å². The van der Waals surface area contributed by atoms with Crippen molar-refractivity contribution in [2.75, 3.05) is 30.5 Å². The second-order valence-electron chi connectivity index (χ2n) is 7.23. The first-order valence-electron chi connectivity index (χ1n) is 9.47. The maximum Gasteiger partial charge on any atom is 0.262 e.